The van der Waals surface area contributed by atoms with E-state index in [1.54, 1.807) is 0 Å². The van der Waals surface area contributed by atoms with Crippen molar-refractivity contribution in [3.63, 3.8) is 0 Å². The summed E-state index contributed by atoms with van der Waals surface area (Å²) in [5.41, 5.74) is 0. The average molecular weight is 164 g/mol. The summed E-state index contributed by atoms with van der Waals surface area (Å²) < 4.78 is 9.46. The van der Waals surface area contributed by atoms with E-state index in [1.165, 1.54) is 7.11 Å². The molecule has 4 atom stereocenters. The van der Waals surface area contributed by atoms with Crippen LogP contribution in [0.5, 0.6) is 0 Å². The third-order valence-electron chi connectivity index (χ3n) is 1.76. The second-order valence-corrected chi connectivity index (χ2v) is 2.48. The Kier molecular flexibility index (Phi) is 2.80. The lowest BCUT2D eigenvalue weighted by atomic mass is 10.1. The second-order valence-electron chi connectivity index (χ2n) is 2.48. The molecule has 1 rings (SSSR count). The SMILES string of the molecule is CO[C@@H]1CO[C@@H](O)C(O)C1O. The van der Waals surface area contributed by atoms with Crippen molar-refractivity contribution in [3.8, 4) is 0 Å². The number of ether oxygens (including phenoxy) is 2. The van der Waals surface area contributed by atoms with Gasteiger partial charge in [-0.1, -0.05) is 0 Å². The molecule has 0 aliphatic carbocycles. The van der Waals surface area contributed by atoms with Gasteiger partial charge in [0.1, 0.15) is 18.3 Å². The lowest BCUT2D eigenvalue weighted by molar-refractivity contribution is -0.256. The van der Waals surface area contributed by atoms with Gasteiger partial charge < -0.3 is 24.8 Å². The van der Waals surface area contributed by atoms with Crippen molar-refractivity contribution in [2.24, 2.45) is 0 Å². The maximum Gasteiger partial charge on any atom is 0.183 e. The average Bonchev–Trinajstić information content (AvgIpc) is 2.01. The lowest BCUT2D eigenvalue weighted by Gasteiger charge is -2.33. The van der Waals surface area contributed by atoms with Crippen LogP contribution in [0.15, 0.2) is 0 Å². The van der Waals surface area contributed by atoms with Crippen molar-refractivity contribution in [1.29, 1.82) is 0 Å². The molecule has 1 aliphatic heterocycles. The van der Waals surface area contributed by atoms with Gasteiger partial charge in [-0.3, -0.25) is 0 Å². The molecule has 0 aromatic carbocycles. The summed E-state index contributed by atoms with van der Waals surface area (Å²) >= 11 is 0. The Bertz CT molecular complexity index is 126. The highest BCUT2D eigenvalue weighted by molar-refractivity contribution is 4.82. The van der Waals surface area contributed by atoms with Crippen LogP contribution in [0, 0.1) is 0 Å². The molecule has 66 valence electrons. The van der Waals surface area contributed by atoms with Gasteiger partial charge in [-0.25, -0.2) is 0 Å². The van der Waals surface area contributed by atoms with Gasteiger partial charge in [0, 0.05) is 7.11 Å². The number of methoxy groups -OCH3 is 1. The lowest BCUT2D eigenvalue weighted by Crippen LogP contribution is -2.53. The van der Waals surface area contributed by atoms with Crippen LogP contribution in [-0.4, -0.2) is 53.6 Å². The van der Waals surface area contributed by atoms with Crippen LogP contribution in [-0.2, 0) is 9.47 Å². The molecule has 2 unspecified atom stereocenters. The minimum atomic E-state index is -1.31. The Morgan fingerprint density at radius 2 is 1.91 bits per heavy atom. The minimum Gasteiger partial charge on any atom is -0.387 e. The van der Waals surface area contributed by atoms with Gasteiger partial charge in [0.25, 0.3) is 0 Å². The summed E-state index contributed by atoms with van der Waals surface area (Å²) in [5.74, 6) is 0. The first-order chi connectivity index (χ1) is 5.16. The first kappa shape index (κ1) is 8.89. The molecule has 5 nitrogen and oxygen atoms in total. The smallest absolute Gasteiger partial charge is 0.183 e. The van der Waals surface area contributed by atoms with Gasteiger partial charge in [-0.05, 0) is 0 Å². The summed E-state index contributed by atoms with van der Waals surface area (Å²) in [6, 6.07) is 0. The van der Waals surface area contributed by atoms with Crippen molar-refractivity contribution in [2.75, 3.05) is 13.7 Å². The first-order valence-electron chi connectivity index (χ1n) is 3.35. The van der Waals surface area contributed by atoms with Gasteiger partial charge >= 0.3 is 0 Å². The van der Waals surface area contributed by atoms with Crippen molar-refractivity contribution in [3.05, 3.63) is 0 Å². The van der Waals surface area contributed by atoms with E-state index in [1.807, 2.05) is 0 Å². The van der Waals surface area contributed by atoms with E-state index in [-0.39, 0.29) is 6.61 Å². The molecular weight excluding hydrogens is 152 g/mol. The molecule has 0 radical (unpaired) electrons. The van der Waals surface area contributed by atoms with Crippen LogP contribution < -0.4 is 0 Å². The molecule has 11 heavy (non-hydrogen) atoms. The van der Waals surface area contributed by atoms with Gasteiger partial charge in [-0.15, -0.1) is 0 Å². The summed E-state index contributed by atoms with van der Waals surface area (Å²) in [5, 5.41) is 27.1. The third kappa shape index (κ3) is 1.69. The molecule has 0 aromatic rings. The number of aliphatic hydroxyl groups excluding tert-OH is 3. The van der Waals surface area contributed by atoms with Gasteiger partial charge in [-0.2, -0.15) is 0 Å². The maximum absolute atomic E-state index is 9.19. The van der Waals surface area contributed by atoms with Crippen LogP contribution in [0.25, 0.3) is 0 Å². The minimum absolute atomic E-state index is 0.0931. The Morgan fingerprint density at radius 3 is 2.45 bits per heavy atom. The molecule has 5 heteroatoms. The van der Waals surface area contributed by atoms with Crippen LogP contribution in [0.4, 0.5) is 0 Å². The van der Waals surface area contributed by atoms with Crippen LogP contribution in [0.3, 0.4) is 0 Å². The molecule has 1 heterocycles. The molecule has 0 spiro atoms. The summed E-state index contributed by atoms with van der Waals surface area (Å²) in [4.78, 5) is 0. The zero-order valence-corrected chi connectivity index (χ0v) is 6.17. The molecular formula is C6H12O5. The van der Waals surface area contributed by atoms with Crippen molar-refractivity contribution < 1.29 is 24.8 Å². The van der Waals surface area contributed by atoms with Crippen LogP contribution in [0.1, 0.15) is 0 Å². The molecule has 1 saturated heterocycles. The fourth-order valence-electron chi connectivity index (χ4n) is 0.987. The second kappa shape index (κ2) is 3.46. The largest absolute Gasteiger partial charge is 0.387 e. The molecule has 0 saturated carbocycles. The summed E-state index contributed by atoms with van der Waals surface area (Å²) in [6.07, 6.45) is -4.23. The molecule has 0 amide bonds. The van der Waals surface area contributed by atoms with E-state index in [0.29, 0.717) is 0 Å². The van der Waals surface area contributed by atoms with E-state index in [2.05, 4.69) is 4.74 Å². The number of hydrogen-bond acceptors (Lipinski definition) is 5. The molecule has 0 bridgehead atoms. The van der Waals surface area contributed by atoms with Gasteiger partial charge in [0.05, 0.1) is 6.61 Å². The fourth-order valence-corrected chi connectivity index (χ4v) is 0.987. The molecule has 3 N–H and O–H groups in total. The van der Waals surface area contributed by atoms with Crippen LogP contribution in [0.2, 0.25) is 0 Å². The fraction of sp³-hybridized carbons (Fsp3) is 1.00. The Balaban J connectivity index is 2.52. The predicted octanol–water partition coefficient (Wildman–Crippen LogP) is -1.93. The highest BCUT2D eigenvalue weighted by Gasteiger charge is 2.37. The summed E-state index contributed by atoms with van der Waals surface area (Å²) in [6.45, 7) is 0.0931. The van der Waals surface area contributed by atoms with Crippen molar-refractivity contribution in [2.45, 2.75) is 24.6 Å². The first-order valence-corrected chi connectivity index (χ1v) is 3.35. The van der Waals surface area contributed by atoms with Gasteiger partial charge in [0.2, 0.25) is 0 Å². The molecule has 0 aromatic heterocycles. The van der Waals surface area contributed by atoms with E-state index < -0.39 is 24.6 Å². The van der Waals surface area contributed by atoms with Crippen molar-refractivity contribution in [1.82, 2.24) is 0 Å². The van der Waals surface area contributed by atoms with Crippen molar-refractivity contribution >= 4 is 0 Å². The highest BCUT2D eigenvalue weighted by Crippen LogP contribution is 2.15. The zero-order valence-electron chi connectivity index (χ0n) is 6.17. The third-order valence-corrected chi connectivity index (χ3v) is 1.76. The topological polar surface area (TPSA) is 79.2 Å². The Labute approximate surface area is 64.2 Å². The number of aliphatic hydroxyl groups is 3. The summed E-state index contributed by atoms with van der Waals surface area (Å²) in [7, 11) is 1.40. The van der Waals surface area contributed by atoms with E-state index >= 15 is 0 Å². The normalized spacial score (nSPS) is 45.8. The zero-order chi connectivity index (χ0) is 8.43. The maximum atomic E-state index is 9.19. The standard InChI is InChI=1S/C6H12O5/c1-10-3-2-11-6(9)5(8)4(3)7/h3-9H,2H2,1H3/t3-,4?,5?,6-/m1/s1. The predicted molar refractivity (Wildman–Crippen MR) is 34.8 cm³/mol. The quantitative estimate of drug-likeness (QED) is 0.420. The number of rotatable bonds is 1. The van der Waals surface area contributed by atoms with Crippen LogP contribution >= 0.6 is 0 Å². The number of hydrogen-bond donors (Lipinski definition) is 3. The molecule has 1 aliphatic rings. The Morgan fingerprint density at radius 1 is 1.27 bits per heavy atom. The monoisotopic (exact) mass is 164 g/mol. The Hall–Kier alpha value is -0.200. The van der Waals surface area contributed by atoms with Gasteiger partial charge in [0.15, 0.2) is 6.29 Å². The van der Waals surface area contributed by atoms with E-state index in [0.717, 1.165) is 0 Å². The molecule has 1 fully saturated rings. The van der Waals surface area contributed by atoms with E-state index in [9.17, 15) is 5.11 Å². The highest BCUT2D eigenvalue weighted by atomic mass is 16.6. The van der Waals surface area contributed by atoms with E-state index in [4.69, 9.17) is 14.9 Å².